The summed E-state index contributed by atoms with van der Waals surface area (Å²) in [6, 6.07) is 3.68. The van der Waals surface area contributed by atoms with Crippen LogP contribution in [-0.4, -0.2) is 53.3 Å². The first-order valence-corrected chi connectivity index (χ1v) is 9.38. The van der Waals surface area contributed by atoms with E-state index in [1.165, 1.54) is 4.57 Å². The number of carbonyl (C=O) groups is 1. The third-order valence-electron chi connectivity index (χ3n) is 5.72. The molecule has 0 aromatic carbocycles. The van der Waals surface area contributed by atoms with Gasteiger partial charge in [0.2, 0.25) is 0 Å². The largest absolute Gasteiger partial charge is 0.496 e. The molecule has 7 nitrogen and oxygen atoms in total. The van der Waals surface area contributed by atoms with Gasteiger partial charge in [0.1, 0.15) is 6.10 Å². The molecule has 0 saturated carbocycles. The van der Waals surface area contributed by atoms with E-state index in [4.69, 9.17) is 18.8 Å². The zero-order chi connectivity index (χ0) is 19.2. The number of hydrogen-bond acceptors (Lipinski definition) is 6. The van der Waals surface area contributed by atoms with Crippen LogP contribution in [0.25, 0.3) is 11.0 Å². The molecule has 2 aromatic rings. The highest BCUT2D eigenvalue weighted by Gasteiger charge is 2.51. The molecule has 0 aliphatic carbocycles. The molecule has 0 N–H and O–H groups in total. The van der Waals surface area contributed by atoms with E-state index in [9.17, 15) is 4.79 Å². The Morgan fingerprint density at radius 2 is 1.89 bits per heavy atom. The number of fused-ring (bicyclic) bond motifs is 1. The molecule has 8 heteroatoms. The van der Waals surface area contributed by atoms with Gasteiger partial charge < -0.3 is 18.8 Å². The maximum absolute atomic E-state index is 12.6. The van der Waals surface area contributed by atoms with Crippen LogP contribution in [0.2, 0.25) is 0 Å². The molecule has 2 fully saturated rings. The van der Waals surface area contributed by atoms with Crippen molar-refractivity contribution in [3.05, 3.63) is 24.5 Å². The van der Waals surface area contributed by atoms with Crippen LogP contribution >= 0.6 is 0 Å². The molecule has 2 aromatic heterocycles. The van der Waals surface area contributed by atoms with Gasteiger partial charge in [-0.2, -0.15) is 0 Å². The molecule has 27 heavy (non-hydrogen) atoms. The molecule has 0 radical (unpaired) electrons. The van der Waals surface area contributed by atoms with Crippen LogP contribution in [0, 0.1) is 0 Å². The van der Waals surface area contributed by atoms with Gasteiger partial charge in [0.15, 0.2) is 0 Å². The van der Waals surface area contributed by atoms with E-state index in [1.807, 2.05) is 33.8 Å². The van der Waals surface area contributed by atoms with E-state index >= 15 is 0 Å². The molecule has 0 bridgehead atoms. The standard InChI is InChI=1S/C19H25BN2O5/c1-18(2)19(3,4)27-20(26-18)13-11-16-15(21-12-13)5-8-22(16)17(23)25-14-6-9-24-10-7-14/h5,8,11-12,14H,6-7,9-10H2,1-4H3. The molecule has 2 aliphatic rings. The van der Waals surface area contributed by atoms with Crippen molar-refractivity contribution in [2.75, 3.05) is 13.2 Å². The highest BCUT2D eigenvalue weighted by atomic mass is 16.7. The molecule has 2 saturated heterocycles. The summed E-state index contributed by atoms with van der Waals surface area (Å²) in [5, 5.41) is 0. The van der Waals surface area contributed by atoms with Crippen LogP contribution in [-0.2, 0) is 18.8 Å². The van der Waals surface area contributed by atoms with E-state index in [1.54, 1.807) is 18.5 Å². The Labute approximate surface area is 159 Å². The van der Waals surface area contributed by atoms with Gasteiger partial charge >= 0.3 is 13.2 Å². The van der Waals surface area contributed by atoms with Gasteiger partial charge in [-0.1, -0.05) is 0 Å². The summed E-state index contributed by atoms with van der Waals surface area (Å²) in [7, 11) is -0.526. The van der Waals surface area contributed by atoms with Crippen LogP contribution in [0.5, 0.6) is 0 Å². The summed E-state index contributed by atoms with van der Waals surface area (Å²) in [4.78, 5) is 17.1. The van der Waals surface area contributed by atoms with Crippen molar-refractivity contribution in [2.45, 2.75) is 57.8 Å². The third-order valence-corrected chi connectivity index (χ3v) is 5.72. The van der Waals surface area contributed by atoms with E-state index < -0.39 is 24.4 Å². The number of nitrogens with zero attached hydrogens (tertiary/aromatic N) is 2. The SMILES string of the molecule is CC1(C)OB(c2cnc3ccn(C(=O)OC4CCOCC4)c3c2)OC1(C)C. The van der Waals surface area contributed by atoms with Crippen molar-refractivity contribution in [1.29, 1.82) is 0 Å². The van der Waals surface area contributed by atoms with E-state index in [0.29, 0.717) is 18.7 Å². The summed E-state index contributed by atoms with van der Waals surface area (Å²) in [6.45, 7) is 9.27. The topological polar surface area (TPSA) is 71.8 Å². The average Bonchev–Trinajstić information content (AvgIpc) is 3.13. The van der Waals surface area contributed by atoms with Gasteiger partial charge in [-0.05, 0) is 39.8 Å². The fourth-order valence-corrected chi connectivity index (χ4v) is 3.29. The van der Waals surface area contributed by atoms with Crippen molar-refractivity contribution in [3.63, 3.8) is 0 Å². The Balaban J connectivity index is 1.59. The summed E-state index contributed by atoms with van der Waals surface area (Å²) in [5.74, 6) is 0. The fraction of sp³-hybridized carbons (Fsp3) is 0.579. The Kier molecular flexibility index (Phi) is 4.52. The zero-order valence-corrected chi connectivity index (χ0v) is 16.2. The summed E-state index contributed by atoms with van der Waals surface area (Å²) in [5.41, 5.74) is 1.31. The van der Waals surface area contributed by atoms with Crippen molar-refractivity contribution < 1.29 is 23.6 Å². The number of rotatable bonds is 2. The van der Waals surface area contributed by atoms with Crippen LogP contribution in [0.15, 0.2) is 24.5 Å². The van der Waals surface area contributed by atoms with Gasteiger partial charge in [0, 0.05) is 30.7 Å². The maximum Gasteiger partial charge on any atom is 0.496 e. The first kappa shape index (κ1) is 18.5. The smallest absolute Gasteiger partial charge is 0.445 e. The number of carbonyl (C=O) groups excluding carboxylic acids is 1. The molecular weight excluding hydrogens is 347 g/mol. The minimum absolute atomic E-state index is 0.108. The number of hydrogen-bond donors (Lipinski definition) is 0. The molecule has 144 valence electrons. The number of ether oxygens (including phenoxy) is 2. The lowest BCUT2D eigenvalue weighted by Crippen LogP contribution is -2.41. The number of pyridine rings is 1. The average molecular weight is 372 g/mol. The van der Waals surface area contributed by atoms with Crippen LogP contribution in [0.3, 0.4) is 0 Å². The first-order chi connectivity index (χ1) is 12.8. The van der Waals surface area contributed by atoms with Crippen LogP contribution < -0.4 is 5.46 Å². The highest BCUT2D eigenvalue weighted by molar-refractivity contribution is 6.62. The van der Waals surface area contributed by atoms with Gasteiger partial charge in [0.25, 0.3) is 0 Å². The van der Waals surface area contributed by atoms with Crippen LogP contribution in [0.4, 0.5) is 4.79 Å². The minimum Gasteiger partial charge on any atom is -0.445 e. The molecule has 4 rings (SSSR count). The third kappa shape index (κ3) is 3.37. The van der Waals surface area contributed by atoms with E-state index in [2.05, 4.69) is 4.98 Å². The quantitative estimate of drug-likeness (QED) is 0.755. The Hall–Kier alpha value is -1.90. The molecular formula is C19H25BN2O5. The molecule has 0 atom stereocenters. The number of aromatic nitrogens is 2. The van der Waals surface area contributed by atoms with Gasteiger partial charge in [-0.25, -0.2) is 4.79 Å². The predicted octanol–water partition coefficient (Wildman–Crippen LogP) is 2.50. The van der Waals surface area contributed by atoms with Gasteiger partial charge in [-0.3, -0.25) is 9.55 Å². The van der Waals surface area contributed by atoms with Gasteiger partial charge in [-0.15, -0.1) is 0 Å². The van der Waals surface area contributed by atoms with Gasteiger partial charge in [0.05, 0.1) is 35.4 Å². The molecule has 4 heterocycles. The second-order valence-corrected chi connectivity index (χ2v) is 8.14. The molecule has 0 spiro atoms. The second kappa shape index (κ2) is 6.62. The summed E-state index contributed by atoms with van der Waals surface area (Å²) >= 11 is 0. The maximum atomic E-state index is 12.6. The lowest BCUT2D eigenvalue weighted by Gasteiger charge is -2.32. The molecule has 2 aliphatic heterocycles. The first-order valence-electron chi connectivity index (χ1n) is 9.38. The predicted molar refractivity (Wildman–Crippen MR) is 101 cm³/mol. The van der Waals surface area contributed by atoms with Crippen molar-refractivity contribution >= 4 is 29.7 Å². The van der Waals surface area contributed by atoms with Crippen molar-refractivity contribution in [1.82, 2.24) is 9.55 Å². The Morgan fingerprint density at radius 1 is 1.22 bits per heavy atom. The summed E-state index contributed by atoms with van der Waals surface area (Å²) in [6.07, 6.45) is 4.36. The lowest BCUT2D eigenvalue weighted by molar-refractivity contribution is 0.00231. The van der Waals surface area contributed by atoms with Crippen molar-refractivity contribution in [3.8, 4) is 0 Å². The fourth-order valence-electron chi connectivity index (χ4n) is 3.29. The monoisotopic (exact) mass is 372 g/mol. The van der Waals surface area contributed by atoms with E-state index in [-0.39, 0.29) is 6.10 Å². The Morgan fingerprint density at radius 3 is 2.56 bits per heavy atom. The van der Waals surface area contributed by atoms with E-state index in [0.717, 1.165) is 23.8 Å². The zero-order valence-electron chi connectivity index (χ0n) is 16.2. The Bertz CT molecular complexity index is 841. The highest BCUT2D eigenvalue weighted by Crippen LogP contribution is 2.36. The molecule has 0 unspecified atom stereocenters. The summed E-state index contributed by atoms with van der Waals surface area (Å²) < 4.78 is 24.6. The van der Waals surface area contributed by atoms with Crippen LogP contribution in [0.1, 0.15) is 40.5 Å². The lowest BCUT2D eigenvalue weighted by atomic mass is 9.80. The molecule has 0 amide bonds. The second-order valence-electron chi connectivity index (χ2n) is 8.14. The minimum atomic E-state index is -0.526. The van der Waals surface area contributed by atoms with Crippen molar-refractivity contribution in [2.24, 2.45) is 0 Å². The normalized spacial score (nSPS) is 22.3.